The largest absolute Gasteiger partial charge is 0.329 e. The fourth-order valence-corrected chi connectivity index (χ4v) is 3.56. The molecule has 9 heteroatoms. The van der Waals surface area contributed by atoms with Gasteiger partial charge in [-0.15, -0.1) is 0 Å². The Kier molecular flexibility index (Phi) is 7.25. The van der Waals surface area contributed by atoms with Crippen molar-refractivity contribution in [3.8, 4) is 0 Å². The smallest absolute Gasteiger partial charge is 0.303 e. The zero-order valence-corrected chi connectivity index (χ0v) is 19.1. The van der Waals surface area contributed by atoms with Gasteiger partial charge in [-0.2, -0.15) is 10.1 Å². The Balaban J connectivity index is 1.94. The molecule has 0 fully saturated rings. The van der Waals surface area contributed by atoms with Crippen molar-refractivity contribution in [2.24, 2.45) is 12.1 Å². The number of rotatable bonds is 9. The Bertz CT molecular complexity index is 1160. The summed E-state index contributed by atoms with van der Waals surface area (Å²) in [6, 6.07) is 7.84. The number of nitrogens with zero attached hydrogens (tertiary/aromatic N) is 4. The molecule has 0 radical (unpaired) electrons. The Morgan fingerprint density at radius 3 is 2.57 bits per heavy atom. The van der Waals surface area contributed by atoms with Crippen LogP contribution in [0.1, 0.15) is 51.5 Å². The number of halogens is 1. The maximum atomic E-state index is 12.5. The number of hydrogen-bond acceptors (Lipinski definition) is 5. The molecule has 30 heavy (non-hydrogen) atoms. The van der Waals surface area contributed by atoms with E-state index in [1.165, 1.54) is 17.4 Å². The van der Waals surface area contributed by atoms with Gasteiger partial charge in [-0.05, 0) is 31.0 Å². The lowest BCUT2D eigenvalue weighted by molar-refractivity contribution is 0.577. The van der Waals surface area contributed by atoms with Gasteiger partial charge in [-0.1, -0.05) is 60.7 Å². The number of nitrogens with one attached hydrogen (secondary N) is 2. The molecule has 8 nitrogen and oxygen atoms in total. The molecular weight excluding hydrogens is 448 g/mol. The van der Waals surface area contributed by atoms with E-state index in [2.05, 4.69) is 43.3 Å². The molecule has 2 heterocycles. The standard InChI is InChI=1S/C21H27BrN6O2/c1-4-5-6-7-8-13-28-17-18(27(3)21(30)24-19(17)29)23-20(28)26-25-14(2)15-9-11-16(22)12-10-15/h9-12H,4-8,13H2,1-3H3,(H,23,26)(H,24,29,30)/b25-14-. The van der Waals surface area contributed by atoms with Crippen LogP contribution in [-0.2, 0) is 13.6 Å². The number of benzene rings is 1. The van der Waals surface area contributed by atoms with Crippen molar-refractivity contribution in [1.29, 1.82) is 0 Å². The highest BCUT2D eigenvalue weighted by Crippen LogP contribution is 2.18. The van der Waals surface area contributed by atoms with Gasteiger partial charge in [-0.25, -0.2) is 10.2 Å². The van der Waals surface area contributed by atoms with E-state index in [1.807, 2.05) is 35.8 Å². The molecule has 0 saturated heterocycles. The second-order valence-electron chi connectivity index (χ2n) is 7.31. The van der Waals surface area contributed by atoms with Crippen LogP contribution < -0.4 is 16.7 Å². The summed E-state index contributed by atoms with van der Waals surface area (Å²) in [4.78, 5) is 31.4. The number of hydrazone groups is 1. The molecule has 0 spiro atoms. The lowest BCUT2D eigenvalue weighted by Crippen LogP contribution is -2.29. The highest BCUT2D eigenvalue weighted by atomic mass is 79.9. The summed E-state index contributed by atoms with van der Waals surface area (Å²) in [6.45, 7) is 4.70. The number of anilines is 1. The fraction of sp³-hybridized carbons (Fsp3) is 0.429. The van der Waals surface area contributed by atoms with Crippen molar-refractivity contribution in [2.75, 3.05) is 5.43 Å². The van der Waals surface area contributed by atoms with Gasteiger partial charge in [0.1, 0.15) is 0 Å². The first-order valence-corrected chi connectivity index (χ1v) is 11.0. The first-order valence-electron chi connectivity index (χ1n) is 10.2. The summed E-state index contributed by atoms with van der Waals surface area (Å²) in [5.41, 5.74) is 4.56. The van der Waals surface area contributed by atoms with Crippen molar-refractivity contribution in [3.63, 3.8) is 0 Å². The SMILES string of the molecule is CCCCCCCn1c(N/N=C(/C)c2ccc(Br)cc2)nc2c1c(=O)[nH]c(=O)n2C. The monoisotopic (exact) mass is 474 g/mol. The number of aromatic amines is 1. The third-order valence-electron chi connectivity index (χ3n) is 5.08. The van der Waals surface area contributed by atoms with Crippen LogP contribution in [0.3, 0.4) is 0 Å². The lowest BCUT2D eigenvalue weighted by Gasteiger charge is -2.09. The maximum absolute atomic E-state index is 12.5. The molecule has 1 aromatic carbocycles. The summed E-state index contributed by atoms with van der Waals surface area (Å²) >= 11 is 3.43. The van der Waals surface area contributed by atoms with Gasteiger partial charge in [0.15, 0.2) is 11.2 Å². The minimum Gasteiger partial charge on any atom is -0.303 e. The van der Waals surface area contributed by atoms with E-state index in [0.717, 1.165) is 35.0 Å². The van der Waals surface area contributed by atoms with E-state index in [9.17, 15) is 9.59 Å². The van der Waals surface area contributed by atoms with Crippen molar-refractivity contribution >= 4 is 38.8 Å². The molecule has 0 aliphatic carbocycles. The van der Waals surface area contributed by atoms with Crippen LogP contribution >= 0.6 is 15.9 Å². The fourth-order valence-electron chi connectivity index (χ4n) is 3.30. The van der Waals surface area contributed by atoms with Crippen LogP contribution in [0.15, 0.2) is 43.4 Å². The summed E-state index contributed by atoms with van der Waals surface area (Å²) in [5, 5.41) is 4.46. The minimum absolute atomic E-state index is 0.344. The third kappa shape index (κ3) is 4.89. The Hall–Kier alpha value is -2.68. The predicted octanol–water partition coefficient (Wildman–Crippen LogP) is 3.99. The van der Waals surface area contributed by atoms with Crippen LogP contribution in [0.2, 0.25) is 0 Å². The molecule has 3 rings (SSSR count). The third-order valence-corrected chi connectivity index (χ3v) is 5.61. The summed E-state index contributed by atoms with van der Waals surface area (Å²) in [5.74, 6) is 0.448. The van der Waals surface area contributed by atoms with Gasteiger partial charge >= 0.3 is 5.69 Å². The molecule has 0 amide bonds. The van der Waals surface area contributed by atoms with Crippen molar-refractivity contribution in [1.82, 2.24) is 19.1 Å². The summed E-state index contributed by atoms with van der Waals surface area (Å²) in [6.07, 6.45) is 5.51. The minimum atomic E-state index is -0.485. The quantitative estimate of drug-likeness (QED) is 0.278. The van der Waals surface area contributed by atoms with Gasteiger partial charge in [-0.3, -0.25) is 14.3 Å². The lowest BCUT2D eigenvalue weighted by atomic mass is 10.1. The number of imidazole rings is 1. The number of H-pyrrole nitrogens is 1. The Morgan fingerprint density at radius 1 is 1.17 bits per heavy atom. The van der Waals surface area contributed by atoms with Crippen LogP contribution in [0.4, 0.5) is 5.95 Å². The number of unbranched alkanes of at least 4 members (excludes halogenated alkanes) is 4. The van der Waals surface area contributed by atoms with Gasteiger partial charge in [0.2, 0.25) is 5.95 Å². The molecule has 0 atom stereocenters. The molecule has 0 unspecified atom stereocenters. The first kappa shape index (κ1) is 22.0. The van der Waals surface area contributed by atoms with E-state index in [0.29, 0.717) is 23.7 Å². The van der Waals surface area contributed by atoms with Crippen molar-refractivity contribution in [2.45, 2.75) is 52.5 Å². The van der Waals surface area contributed by atoms with Gasteiger partial charge in [0.05, 0.1) is 5.71 Å². The summed E-state index contributed by atoms with van der Waals surface area (Å²) in [7, 11) is 1.60. The number of aromatic nitrogens is 4. The van der Waals surface area contributed by atoms with Crippen molar-refractivity contribution in [3.05, 3.63) is 55.1 Å². The Labute approximate surface area is 183 Å². The van der Waals surface area contributed by atoms with Gasteiger partial charge < -0.3 is 4.57 Å². The highest BCUT2D eigenvalue weighted by molar-refractivity contribution is 9.10. The second kappa shape index (κ2) is 9.88. The van der Waals surface area contributed by atoms with E-state index < -0.39 is 11.2 Å². The Morgan fingerprint density at radius 2 is 1.87 bits per heavy atom. The topological polar surface area (TPSA) is 97.1 Å². The molecule has 2 N–H and O–H groups in total. The van der Waals surface area contributed by atoms with E-state index in [1.54, 1.807) is 7.05 Å². The molecule has 0 bridgehead atoms. The van der Waals surface area contributed by atoms with Crippen LogP contribution in [0, 0.1) is 0 Å². The van der Waals surface area contributed by atoms with Crippen LogP contribution in [0.5, 0.6) is 0 Å². The molecule has 0 aliphatic heterocycles. The molecule has 2 aromatic heterocycles. The van der Waals surface area contributed by atoms with Gasteiger partial charge in [0, 0.05) is 18.1 Å². The van der Waals surface area contributed by atoms with E-state index >= 15 is 0 Å². The van der Waals surface area contributed by atoms with Crippen LogP contribution in [-0.4, -0.2) is 24.8 Å². The average molecular weight is 475 g/mol. The molecule has 3 aromatic rings. The normalized spacial score (nSPS) is 11.9. The van der Waals surface area contributed by atoms with Gasteiger partial charge in [0.25, 0.3) is 5.56 Å². The number of fused-ring (bicyclic) bond motifs is 1. The molecule has 0 aliphatic rings. The number of aryl methyl sites for hydroxylation is 2. The maximum Gasteiger partial charge on any atom is 0.329 e. The van der Waals surface area contributed by atoms with Crippen molar-refractivity contribution < 1.29 is 0 Å². The molecular formula is C21H27BrN6O2. The predicted molar refractivity (Wildman–Crippen MR) is 124 cm³/mol. The summed E-state index contributed by atoms with van der Waals surface area (Å²) < 4.78 is 4.16. The van der Waals surface area contributed by atoms with E-state index in [-0.39, 0.29) is 0 Å². The highest BCUT2D eigenvalue weighted by Gasteiger charge is 2.17. The zero-order valence-electron chi connectivity index (χ0n) is 17.5. The molecule has 160 valence electrons. The average Bonchev–Trinajstić information content (AvgIpc) is 3.10. The first-order chi connectivity index (χ1) is 14.4. The van der Waals surface area contributed by atoms with E-state index in [4.69, 9.17) is 0 Å². The second-order valence-corrected chi connectivity index (χ2v) is 8.22. The molecule has 0 saturated carbocycles. The van der Waals surface area contributed by atoms with Crippen LogP contribution in [0.25, 0.3) is 11.2 Å². The zero-order chi connectivity index (χ0) is 21.7. The number of hydrogen-bond donors (Lipinski definition) is 2.